The van der Waals surface area contributed by atoms with Gasteiger partial charge in [0, 0.05) is 45.3 Å². The molecule has 0 radical (unpaired) electrons. The van der Waals surface area contributed by atoms with Gasteiger partial charge < -0.3 is 35.0 Å². The molecule has 3 heterocycles. The van der Waals surface area contributed by atoms with Gasteiger partial charge in [-0.25, -0.2) is 4.79 Å². The summed E-state index contributed by atoms with van der Waals surface area (Å²) in [5, 5.41) is 16.9. The van der Waals surface area contributed by atoms with Gasteiger partial charge >= 0.3 is 6.09 Å². The summed E-state index contributed by atoms with van der Waals surface area (Å²) >= 11 is 0. The SMILES string of the molecule is CCOc1nc(N2CCN(C(=O)OC)CC2)ccc1C(=O)NC[C@@H](O)[C@@H]1Cc2ccccc2CN1. The van der Waals surface area contributed by atoms with Crippen LogP contribution in [0.1, 0.15) is 28.4 Å². The number of hydrogen-bond donors (Lipinski definition) is 3. The number of carbonyl (C=O) groups is 2. The van der Waals surface area contributed by atoms with Crippen molar-refractivity contribution in [3.8, 4) is 5.88 Å². The Kier molecular flexibility index (Phi) is 8.04. The number of hydrogen-bond acceptors (Lipinski definition) is 8. The second-order valence-corrected chi connectivity index (χ2v) is 8.64. The monoisotopic (exact) mass is 483 g/mol. The third-order valence-electron chi connectivity index (χ3n) is 6.46. The molecule has 35 heavy (non-hydrogen) atoms. The summed E-state index contributed by atoms with van der Waals surface area (Å²) in [6, 6.07) is 11.5. The standard InChI is InChI=1S/C25H33N5O5/c1-3-35-24-19(8-9-22(28-24)29-10-12-30(13-11-29)25(33)34-2)23(32)27-16-21(31)20-14-17-6-4-5-7-18(17)15-26-20/h4-9,20-21,26,31H,3,10-16H2,1-2H3,(H,27,32)/t20-,21+/m0/s1. The van der Waals surface area contributed by atoms with Crippen LogP contribution >= 0.6 is 0 Å². The highest BCUT2D eigenvalue weighted by molar-refractivity contribution is 5.96. The van der Waals surface area contributed by atoms with Crippen molar-refractivity contribution in [3.05, 3.63) is 53.1 Å². The van der Waals surface area contributed by atoms with Crippen LogP contribution in [-0.2, 0) is 17.7 Å². The zero-order chi connectivity index (χ0) is 24.8. The quantitative estimate of drug-likeness (QED) is 0.538. The van der Waals surface area contributed by atoms with E-state index in [1.54, 1.807) is 17.0 Å². The highest BCUT2D eigenvalue weighted by Gasteiger charge is 2.26. The fourth-order valence-corrected chi connectivity index (χ4v) is 4.46. The molecule has 2 aliphatic rings. The maximum atomic E-state index is 12.9. The predicted molar refractivity (Wildman–Crippen MR) is 131 cm³/mol. The summed E-state index contributed by atoms with van der Waals surface area (Å²) in [6.45, 7) is 5.26. The molecule has 1 saturated heterocycles. The Morgan fingerprint density at radius 3 is 2.63 bits per heavy atom. The lowest BCUT2D eigenvalue weighted by atomic mass is 9.93. The number of aliphatic hydroxyl groups excluding tert-OH is 1. The zero-order valence-corrected chi connectivity index (χ0v) is 20.2. The van der Waals surface area contributed by atoms with E-state index >= 15 is 0 Å². The number of nitrogens with one attached hydrogen (secondary N) is 2. The molecule has 1 aromatic heterocycles. The molecular weight excluding hydrogens is 450 g/mol. The number of benzene rings is 1. The van der Waals surface area contributed by atoms with Crippen molar-refractivity contribution < 1.29 is 24.2 Å². The van der Waals surface area contributed by atoms with Crippen molar-refractivity contribution in [2.75, 3.05) is 51.3 Å². The number of methoxy groups -OCH3 is 1. The molecule has 2 atom stereocenters. The van der Waals surface area contributed by atoms with E-state index in [9.17, 15) is 14.7 Å². The van der Waals surface area contributed by atoms with Gasteiger partial charge in [0.1, 0.15) is 11.4 Å². The number of pyridine rings is 1. The molecule has 4 rings (SSSR count). The Hall–Kier alpha value is -3.37. The number of amides is 2. The summed E-state index contributed by atoms with van der Waals surface area (Å²) in [4.78, 5) is 32.9. The van der Waals surface area contributed by atoms with Gasteiger partial charge in [0.2, 0.25) is 5.88 Å². The third-order valence-corrected chi connectivity index (χ3v) is 6.46. The molecule has 0 spiro atoms. The minimum absolute atomic E-state index is 0.113. The topological polar surface area (TPSA) is 116 Å². The Labute approximate surface area is 205 Å². The van der Waals surface area contributed by atoms with Crippen LogP contribution in [0.3, 0.4) is 0 Å². The number of carbonyl (C=O) groups excluding carboxylic acids is 2. The maximum Gasteiger partial charge on any atom is 0.409 e. The van der Waals surface area contributed by atoms with Crippen molar-refractivity contribution in [1.29, 1.82) is 0 Å². The van der Waals surface area contributed by atoms with Gasteiger partial charge in [0.05, 0.1) is 19.8 Å². The van der Waals surface area contributed by atoms with Crippen molar-refractivity contribution >= 4 is 17.8 Å². The van der Waals surface area contributed by atoms with Gasteiger partial charge in [-0.15, -0.1) is 0 Å². The van der Waals surface area contributed by atoms with E-state index in [0.29, 0.717) is 57.1 Å². The van der Waals surface area contributed by atoms with E-state index in [0.717, 1.165) is 0 Å². The Morgan fingerprint density at radius 2 is 1.91 bits per heavy atom. The largest absolute Gasteiger partial charge is 0.477 e. The Morgan fingerprint density at radius 1 is 1.17 bits per heavy atom. The third kappa shape index (κ3) is 5.83. The highest BCUT2D eigenvalue weighted by atomic mass is 16.5. The van der Waals surface area contributed by atoms with Crippen LogP contribution in [0.5, 0.6) is 5.88 Å². The first-order valence-corrected chi connectivity index (χ1v) is 12.0. The minimum atomic E-state index is -0.735. The lowest BCUT2D eigenvalue weighted by molar-refractivity contribution is 0.0865. The molecule has 10 nitrogen and oxygen atoms in total. The molecule has 0 bridgehead atoms. The van der Waals surface area contributed by atoms with E-state index in [1.165, 1.54) is 18.2 Å². The molecule has 1 fully saturated rings. The van der Waals surface area contributed by atoms with Gasteiger partial charge in [0.25, 0.3) is 5.91 Å². The molecule has 1 aromatic carbocycles. The average molecular weight is 484 g/mol. The number of fused-ring (bicyclic) bond motifs is 1. The van der Waals surface area contributed by atoms with Crippen molar-refractivity contribution in [2.45, 2.75) is 32.0 Å². The average Bonchev–Trinajstić information content (AvgIpc) is 2.91. The molecule has 10 heteroatoms. The normalized spacial score (nSPS) is 18.4. The van der Waals surface area contributed by atoms with E-state index in [2.05, 4.69) is 27.8 Å². The summed E-state index contributed by atoms with van der Waals surface area (Å²) in [7, 11) is 1.37. The number of aromatic nitrogens is 1. The van der Waals surface area contributed by atoms with Crippen molar-refractivity contribution in [1.82, 2.24) is 20.5 Å². The minimum Gasteiger partial charge on any atom is -0.477 e. The second-order valence-electron chi connectivity index (χ2n) is 8.64. The summed E-state index contributed by atoms with van der Waals surface area (Å²) in [5.74, 6) is 0.579. The van der Waals surface area contributed by atoms with E-state index < -0.39 is 6.10 Å². The number of piperazine rings is 1. The van der Waals surface area contributed by atoms with Crippen LogP contribution in [-0.4, -0.2) is 85.6 Å². The molecule has 2 aliphatic heterocycles. The second kappa shape index (κ2) is 11.4. The van der Waals surface area contributed by atoms with Crippen LogP contribution in [0.25, 0.3) is 0 Å². The lowest BCUT2D eigenvalue weighted by Crippen LogP contribution is -2.49. The van der Waals surface area contributed by atoms with Crippen molar-refractivity contribution in [3.63, 3.8) is 0 Å². The number of ether oxygens (including phenoxy) is 2. The van der Waals surface area contributed by atoms with E-state index in [4.69, 9.17) is 9.47 Å². The molecule has 3 N–H and O–H groups in total. The number of nitrogens with zero attached hydrogens (tertiary/aromatic N) is 3. The van der Waals surface area contributed by atoms with Gasteiger partial charge in [-0.1, -0.05) is 24.3 Å². The smallest absolute Gasteiger partial charge is 0.409 e. The molecule has 0 saturated carbocycles. The molecular formula is C25H33N5O5. The number of anilines is 1. The van der Waals surface area contributed by atoms with Gasteiger partial charge in [-0.05, 0) is 36.6 Å². The Balaban J connectivity index is 1.36. The summed E-state index contributed by atoms with van der Waals surface area (Å²) in [5.41, 5.74) is 2.77. The molecule has 2 amide bonds. The van der Waals surface area contributed by atoms with Gasteiger partial charge in [-0.2, -0.15) is 4.98 Å². The van der Waals surface area contributed by atoms with Crippen LogP contribution < -0.4 is 20.3 Å². The van der Waals surface area contributed by atoms with Crippen LogP contribution in [0.4, 0.5) is 10.6 Å². The van der Waals surface area contributed by atoms with E-state index in [-0.39, 0.29) is 30.5 Å². The predicted octanol–water partition coefficient (Wildman–Crippen LogP) is 1.17. The first-order chi connectivity index (χ1) is 17.0. The summed E-state index contributed by atoms with van der Waals surface area (Å²) in [6.07, 6.45) is -0.368. The first-order valence-electron chi connectivity index (χ1n) is 12.0. The number of rotatable bonds is 7. The fraction of sp³-hybridized carbons (Fsp3) is 0.480. The van der Waals surface area contributed by atoms with Gasteiger partial charge in [-0.3, -0.25) is 4.79 Å². The maximum absolute atomic E-state index is 12.9. The van der Waals surface area contributed by atoms with Crippen molar-refractivity contribution in [2.24, 2.45) is 0 Å². The molecule has 0 unspecified atom stereocenters. The molecule has 2 aromatic rings. The van der Waals surface area contributed by atoms with Crippen LogP contribution in [0.15, 0.2) is 36.4 Å². The molecule has 0 aliphatic carbocycles. The van der Waals surface area contributed by atoms with Gasteiger partial charge in [0.15, 0.2) is 0 Å². The zero-order valence-electron chi connectivity index (χ0n) is 20.2. The Bertz CT molecular complexity index is 1040. The lowest BCUT2D eigenvalue weighted by Gasteiger charge is -2.34. The van der Waals surface area contributed by atoms with E-state index in [1.807, 2.05) is 24.0 Å². The summed E-state index contributed by atoms with van der Waals surface area (Å²) < 4.78 is 10.5. The van der Waals surface area contributed by atoms with Crippen LogP contribution in [0.2, 0.25) is 0 Å². The van der Waals surface area contributed by atoms with Crippen LogP contribution in [0, 0.1) is 0 Å². The fourth-order valence-electron chi connectivity index (χ4n) is 4.46. The first kappa shape index (κ1) is 24.7. The molecule has 188 valence electrons. The number of aliphatic hydroxyl groups is 1. The highest BCUT2D eigenvalue weighted by Crippen LogP contribution is 2.23.